The first-order chi connectivity index (χ1) is 17.2. The third kappa shape index (κ3) is 5.96. The molecule has 3 aromatic carbocycles. The molecule has 0 radical (unpaired) electrons. The number of amides is 2. The van der Waals surface area contributed by atoms with Crippen LogP contribution in [-0.4, -0.2) is 48.1 Å². The van der Waals surface area contributed by atoms with Crippen molar-refractivity contribution in [3.05, 3.63) is 90.3 Å². The number of rotatable bonds is 9. The number of benzene rings is 3. The van der Waals surface area contributed by atoms with Crippen molar-refractivity contribution < 1.29 is 18.0 Å². The Bertz CT molecular complexity index is 1430. The molecule has 0 aliphatic rings. The van der Waals surface area contributed by atoms with Crippen molar-refractivity contribution in [1.82, 2.24) is 19.6 Å². The number of hydrogen-bond acceptors (Lipinski definition) is 5. The Balaban J connectivity index is 1.50. The van der Waals surface area contributed by atoms with Crippen LogP contribution in [-0.2, 0) is 26.0 Å². The third-order valence-electron chi connectivity index (χ3n) is 5.60. The first-order valence-corrected chi connectivity index (χ1v) is 12.8. The van der Waals surface area contributed by atoms with Crippen LogP contribution >= 0.6 is 0 Å². The molecule has 4 rings (SSSR count). The Morgan fingerprint density at radius 3 is 2.31 bits per heavy atom. The summed E-state index contributed by atoms with van der Waals surface area (Å²) in [5.74, 6) is -0.126. The van der Waals surface area contributed by atoms with E-state index >= 15 is 0 Å². The average molecular weight is 506 g/mol. The molecule has 186 valence electrons. The molecule has 36 heavy (non-hydrogen) atoms. The second kappa shape index (κ2) is 10.7. The number of hydrogen-bond donors (Lipinski definition) is 3. The van der Waals surface area contributed by atoms with Crippen LogP contribution < -0.4 is 10.6 Å². The summed E-state index contributed by atoms with van der Waals surface area (Å²) in [7, 11) is -2.57. The first kappa shape index (κ1) is 25.1. The van der Waals surface area contributed by atoms with Gasteiger partial charge in [-0.05, 0) is 48.4 Å². The minimum absolute atomic E-state index is 0.0185. The minimum Gasteiger partial charge on any atom is -0.345 e. The van der Waals surface area contributed by atoms with E-state index in [4.69, 9.17) is 0 Å². The van der Waals surface area contributed by atoms with Crippen molar-refractivity contribution in [2.45, 2.75) is 24.3 Å². The number of aromatic nitrogens is 2. The lowest BCUT2D eigenvalue weighted by Gasteiger charge is -2.21. The molecule has 4 aromatic rings. The molecule has 0 saturated heterocycles. The van der Waals surface area contributed by atoms with Crippen LogP contribution in [0, 0.1) is 0 Å². The predicted octanol–water partition coefficient (Wildman–Crippen LogP) is 3.24. The summed E-state index contributed by atoms with van der Waals surface area (Å²) in [6.07, 6.45) is 0.480. The number of fused-ring (bicyclic) bond motifs is 1. The number of aromatic amines is 1. The Hall–Kier alpha value is -4.02. The Morgan fingerprint density at radius 1 is 0.972 bits per heavy atom. The van der Waals surface area contributed by atoms with Gasteiger partial charge in [0.25, 0.3) is 0 Å². The van der Waals surface area contributed by atoms with Gasteiger partial charge in [-0.25, -0.2) is 13.4 Å². The lowest BCUT2D eigenvalue weighted by atomic mass is 10.1. The molecule has 0 fully saturated rings. The van der Waals surface area contributed by atoms with Crippen LogP contribution in [0.4, 0.5) is 5.69 Å². The van der Waals surface area contributed by atoms with E-state index in [1.165, 1.54) is 38.2 Å². The van der Waals surface area contributed by atoms with Gasteiger partial charge in [-0.3, -0.25) is 9.59 Å². The molecule has 0 bridgehead atoms. The molecular weight excluding hydrogens is 478 g/mol. The van der Waals surface area contributed by atoms with Gasteiger partial charge in [-0.2, -0.15) is 4.31 Å². The average Bonchev–Trinajstić information content (AvgIpc) is 3.28. The molecule has 1 unspecified atom stereocenters. The molecule has 2 amide bonds. The lowest BCUT2D eigenvalue weighted by Crippen LogP contribution is -2.40. The van der Waals surface area contributed by atoms with Gasteiger partial charge in [-0.1, -0.05) is 42.5 Å². The van der Waals surface area contributed by atoms with E-state index in [9.17, 15) is 18.0 Å². The van der Waals surface area contributed by atoms with Crippen LogP contribution in [0.1, 0.15) is 24.4 Å². The zero-order chi connectivity index (χ0) is 25.7. The van der Waals surface area contributed by atoms with E-state index in [0.717, 1.165) is 20.9 Å². The number of anilines is 1. The van der Waals surface area contributed by atoms with Gasteiger partial charge >= 0.3 is 0 Å². The number of likely N-dealkylation sites (N-methyl/N-ethyl adjacent to an activating group) is 1. The Morgan fingerprint density at radius 2 is 1.64 bits per heavy atom. The molecule has 1 atom stereocenters. The summed E-state index contributed by atoms with van der Waals surface area (Å²) in [6, 6.07) is 22.6. The molecule has 0 spiro atoms. The van der Waals surface area contributed by atoms with Crippen molar-refractivity contribution in [2.24, 2.45) is 0 Å². The van der Waals surface area contributed by atoms with Gasteiger partial charge in [0, 0.05) is 19.7 Å². The zero-order valence-corrected chi connectivity index (χ0v) is 20.7. The fraction of sp³-hybridized carbons (Fsp3) is 0.192. The number of H-pyrrole nitrogens is 1. The van der Waals surface area contributed by atoms with Gasteiger partial charge in [0.1, 0.15) is 5.82 Å². The molecule has 0 aliphatic heterocycles. The number of nitrogens with one attached hydrogen (secondary N) is 3. The van der Waals surface area contributed by atoms with Crippen LogP contribution in [0.2, 0.25) is 0 Å². The quantitative estimate of drug-likeness (QED) is 0.322. The van der Waals surface area contributed by atoms with Gasteiger partial charge < -0.3 is 15.6 Å². The number of carbonyl (C=O) groups excluding carboxylic acids is 2. The highest BCUT2D eigenvalue weighted by atomic mass is 32.2. The molecular formula is C26H27N5O4S. The van der Waals surface area contributed by atoms with E-state index < -0.39 is 22.0 Å². The summed E-state index contributed by atoms with van der Waals surface area (Å²) >= 11 is 0. The largest absolute Gasteiger partial charge is 0.345 e. The van der Waals surface area contributed by atoms with Crippen molar-refractivity contribution in [2.75, 3.05) is 18.9 Å². The molecule has 3 N–H and O–H groups in total. The van der Waals surface area contributed by atoms with E-state index in [1.807, 2.05) is 54.6 Å². The maximum Gasteiger partial charge on any atom is 0.243 e. The van der Waals surface area contributed by atoms with Crippen LogP contribution in [0.15, 0.2) is 83.8 Å². The maximum atomic E-state index is 13.0. The summed E-state index contributed by atoms with van der Waals surface area (Å²) in [6.45, 7) is 0.995. The van der Waals surface area contributed by atoms with Crippen molar-refractivity contribution in [3.63, 3.8) is 0 Å². The summed E-state index contributed by atoms with van der Waals surface area (Å²) < 4.78 is 27.0. The zero-order valence-electron chi connectivity index (χ0n) is 19.9. The van der Waals surface area contributed by atoms with Gasteiger partial charge in [0.05, 0.1) is 28.5 Å². The SMILES string of the molecule is CC(=O)Nc1ccc(S(=O)(=O)N(C)CC(=O)NC(Cc2ccccc2)c2nc3ccccc3[nH]2)cc1. The van der Waals surface area contributed by atoms with E-state index in [1.54, 1.807) is 0 Å². The first-order valence-electron chi connectivity index (χ1n) is 11.3. The highest BCUT2D eigenvalue weighted by Crippen LogP contribution is 2.21. The summed E-state index contributed by atoms with van der Waals surface area (Å²) in [4.78, 5) is 32.1. The second-order valence-corrected chi connectivity index (χ2v) is 10.5. The fourth-order valence-electron chi connectivity index (χ4n) is 3.82. The predicted molar refractivity (Wildman–Crippen MR) is 138 cm³/mol. The topological polar surface area (TPSA) is 124 Å². The second-order valence-electron chi connectivity index (χ2n) is 8.42. The molecule has 10 heteroatoms. The minimum atomic E-state index is -3.92. The number of carbonyl (C=O) groups is 2. The van der Waals surface area contributed by atoms with Gasteiger partial charge in [0.2, 0.25) is 21.8 Å². The highest BCUT2D eigenvalue weighted by Gasteiger charge is 2.25. The molecule has 1 aromatic heterocycles. The number of nitrogens with zero attached hydrogens (tertiary/aromatic N) is 2. The number of para-hydroxylation sites is 2. The van der Waals surface area contributed by atoms with Crippen molar-refractivity contribution >= 4 is 38.6 Å². The molecule has 0 saturated carbocycles. The van der Waals surface area contributed by atoms with E-state index in [-0.39, 0.29) is 17.3 Å². The summed E-state index contributed by atoms with van der Waals surface area (Å²) in [5.41, 5.74) is 3.12. The number of imidazole rings is 1. The molecule has 0 aliphatic carbocycles. The molecule has 9 nitrogen and oxygen atoms in total. The molecule has 1 heterocycles. The monoisotopic (exact) mass is 505 g/mol. The maximum absolute atomic E-state index is 13.0. The van der Waals surface area contributed by atoms with Crippen LogP contribution in [0.25, 0.3) is 11.0 Å². The third-order valence-corrected chi connectivity index (χ3v) is 7.42. The summed E-state index contributed by atoms with van der Waals surface area (Å²) in [5, 5.41) is 5.53. The van der Waals surface area contributed by atoms with Crippen molar-refractivity contribution in [3.8, 4) is 0 Å². The van der Waals surface area contributed by atoms with E-state index in [0.29, 0.717) is 17.9 Å². The standard InChI is InChI=1S/C26H27N5O4S/c1-18(32)27-20-12-14-21(15-13-20)36(34,35)31(2)17-25(33)28-24(16-19-8-4-3-5-9-19)26-29-22-10-6-7-11-23(22)30-26/h3-15,24H,16-17H2,1-2H3,(H,27,32)(H,28,33)(H,29,30). The van der Waals surface area contributed by atoms with Crippen LogP contribution in [0.5, 0.6) is 0 Å². The lowest BCUT2D eigenvalue weighted by molar-refractivity contribution is -0.122. The van der Waals surface area contributed by atoms with Crippen molar-refractivity contribution in [1.29, 1.82) is 0 Å². The Labute approximate surface area is 209 Å². The van der Waals surface area contributed by atoms with E-state index in [2.05, 4.69) is 20.6 Å². The smallest absolute Gasteiger partial charge is 0.243 e. The number of sulfonamides is 1. The Kier molecular flexibility index (Phi) is 7.47. The highest BCUT2D eigenvalue weighted by molar-refractivity contribution is 7.89. The normalized spacial score (nSPS) is 12.4. The van der Waals surface area contributed by atoms with Gasteiger partial charge in [-0.15, -0.1) is 0 Å². The van der Waals surface area contributed by atoms with Crippen LogP contribution in [0.3, 0.4) is 0 Å². The van der Waals surface area contributed by atoms with Gasteiger partial charge in [0.15, 0.2) is 0 Å². The fourth-order valence-corrected chi connectivity index (χ4v) is 4.95.